The first-order chi connectivity index (χ1) is 16.2. The van der Waals surface area contributed by atoms with Crippen molar-refractivity contribution in [2.45, 2.75) is 31.8 Å². The van der Waals surface area contributed by atoms with E-state index in [0.717, 1.165) is 24.1 Å². The van der Waals surface area contributed by atoms with Gasteiger partial charge in [0, 0.05) is 36.9 Å². The molecule has 1 aliphatic heterocycles. The highest BCUT2D eigenvalue weighted by atomic mass is 79.9. The van der Waals surface area contributed by atoms with Gasteiger partial charge in [0.2, 0.25) is 0 Å². The number of hydrogen-bond acceptors (Lipinski definition) is 7. The van der Waals surface area contributed by atoms with Crippen LogP contribution in [-0.2, 0) is 11.4 Å². The molecule has 1 heterocycles. The zero-order valence-electron chi connectivity index (χ0n) is 18.2. The van der Waals surface area contributed by atoms with Crippen molar-refractivity contribution in [2.75, 3.05) is 7.05 Å². The van der Waals surface area contributed by atoms with Gasteiger partial charge in [-0.1, -0.05) is 12.1 Å². The lowest BCUT2D eigenvalue weighted by atomic mass is 9.76. The highest BCUT2D eigenvalue weighted by molar-refractivity contribution is 9.11. The number of nitro groups is 1. The zero-order chi connectivity index (χ0) is 24.6. The van der Waals surface area contributed by atoms with Crippen molar-refractivity contribution >= 4 is 43.3 Å². The van der Waals surface area contributed by atoms with Crippen LogP contribution in [0.25, 0.3) is 0 Å². The lowest BCUT2D eigenvalue weighted by Gasteiger charge is -2.37. The molecule has 0 saturated heterocycles. The number of ketones is 1. The maximum Gasteiger partial charge on any atom is 0.269 e. The Labute approximate surface area is 213 Å². The molecule has 0 amide bonds. The number of non-ortho nitro benzene ring substituents is 1. The molecule has 34 heavy (non-hydrogen) atoms. The molecule has 10 heteroatoms. The van der Waals surface area contributed by atoms with Crippen molar-refractivity contribution < 1.29 is 14.5 Å². The average molecular weight is 588 g/mol. The molecule has 0 saturated carbocycles. The van der Waals surface area contributed by atoms with Crippen LogP contribution in [0.3, 0.4) is 0 Å². The fourth-order valence-electron chi connectivity index (χ4n) is 4.40. The van der Waals surface area contributed by atoms with Crippen LogP contribution < -0.4 is 10.5 Å². The van der Waals surface area contributed by atoms with Crippen LogP contribution in [0.5, 0.6) is 5.75 Å². The maximum absolute atomic E-state index is 12.9. The van der Waals surface area contributed by atoms with Gasteiger partial charge in [-0.3, -0.25) is 14.9 Å². The number of nitrogens with two attached hydrogens (primary N) is 1. The number of hydrogen-bond donors (Lipinski definition) is 1. The smallest absolute Gasteiger partial charge is 0.269 e. The summed E-state index contributed by atoms with van der Waals surface area (Å²) in [5.41, 5.74) is 9.49. The van der Waals surface area contributed by atoms with Gasteiger partial charge < -0.3 is 15.4 Å². The van der Waals surface area contributed by atoms with Crippen molar-refractivity contribution in [3.05, 3.63) is 89.2 Å². The second-order valence-electron chi connectivity index (χ2n) is 8.07. The molecule has 0 aromatic heterocycles. The minimum Gasteiger partial charge on any atom is -0.487 e. The normalized spacial score (nSPS) is 18.0. The van der Waals surface area contributed by atoms with E-state index < -0.39 is 10.8 Å². The predicted molar refractivity (Wildman–Crippen MR) is 132 cm³/mol. The second kappa shape index (κ2) is 9.60. The van der Waals surface area contributed by atoms with E-state index in [9.17, 15) is 20.2 Å². The highest BCUT2D eigenvalue weighted by Crippen LogP contribution is 2.47. The van der Waals surface area contributed by atoms with Crippen molar-refractivity contribution in [3.8, 4) is 11.8 Å². The third kappa shape index (κ3) is 4.33. The highest BCUT2D eigenvalue weighted by Gasteiger charge is 2.39. The molecule has 0 bridgehead atoms. The largest absolute Gasteiger partial charge is 0.487 e. The molecule has 1 atom stereocenters. The molecule has 0 spiro atoms. The second-order valence-corrected chi connectivity index (χ2v) is 9.78. The number of carbonyl (C=O) groups is 1. The molecule has 4 rings (SSSR count). The van der Waals surface area contributed by atoms with Crippen LogP contribution in [0, 0.1) is 21.4 Å². The molecule has 2 aliphatic rings. The number of nitrogens with zero attached hydrogens (tertiary/aromatic N) is 3. The fraction of sp³-hybridized carbons (Fsp3) is 0.250. The molecule has 2 aromatic carbocycles. The first kappa shape index (κ1) is 24.0. The monoisotopic (exact) mass is 586 g/mol. The van der Waals surface area contributed by atoms with Crippen LogP contribution in [-0.4, -0.2) is 22.7 Å². The quantitative estimate of drug-likeness (QED) is 0.365. The van der Waals surface area contributed by atoms with Crippen LogP contribution in [0.1, 0.15) is 36.3 Å². The maximum atomic E-state index is 12.9. The number of nitro benzene ring substituents is 1. The Hall–Kier alpha value is -3.16. The Balaban J connectivity index is 1.70. The molecule has 0 radical (unpaired) electrons. The van der Waals surface area contributed by atoms with Gasteiger partial charge in [0.05, 0.1) is 31.4 Å². The lowest BCUT2D eigenvalue weighted by Crippen LogP contribution is -2.36. The third-order valence-corrected chi connectivity index (χ3v) is 7.21. The number of ether oxygens (including phenoxy) is 1. The average Bonchev–Trinajstić information content (AvgIpc) is 2.81. The number of halogens is 2. The predicted octanol–water partition coefficient (Wildman–Crippen LogP) is 5.43. The van der Waals surface area contributed by atoms with Gasteiger partial charge in [0.15, 0.2) is 5.78 Å². The Morgan fingerprint density at radius 3 is 2.62 bits per heavy atom. The van der Waals surface area contributed by atoms with Gasteiger partial charge in [0.25, 0.3) is 5.69 Å². The van der Waals surface area contributed by atoms with Gasteiger partial charge in [-0.05, 0) is 68.0 Å². The summed E-state index contributed by atoms with van der Waals surface area (Å²) in [6.45, 7) is 0.122. The summed E-state index contributed by atoms with van der Waals surface area (Å²) in [5.74, 6) is 0.307. The Morgan fingerprint density at radius 2 is 1.97 bits per heavy atom. The summed E-state index contributed by atoms with van der Waals surface area (Å²) < 4.78 is 7.17. The molecule has 1 aliphatic carbocycles. The van der Waals surface area contributed by atoms with E-state index in [1.165, 1.54) is 12.1 Å². The van der Waals surface area contributed by atoms with Gasteiger partial charge in [-0.2, -0.15) is 5.26 Å². The van der Waals surface area contributed by atoms with E-state index in [4.69, 9.17) is 10.5 Å². The standard InChI is InChI=1S/C24H20Br2N4O4/c1-29-19-6-3-7-20(31)22(19)21(16(11-27)24(29)28)14-9-17(25)23(18(26)10-14)34-12-13-4-2-5-15(8-13)30(32)33/h2,4-5,8-10,21H,3,6-7,12,28H2,1H3/t21-/m0/s1. The van der Waals surface area contributed by atoms with E-state index >= 15 is 0 Å². The molecule has 2 aromatic rings. The molecule has 0 fully saturated rings. The third-order valence-electron chi connectivity index (χ3n) is 6.03. The first-order valence-corrected chi connectivity index (χ1v) is 12.1. The minimum atomic E-state index is -0.567. The summed E-state index contributed by atoms with van der Waals surface area (Å²) in [4.78, 5) is 25.3. The van der Waals surface area contributed by atoms with E-state index in [1.54, 1.807) is 24.1 Å². The van der Waals surface area contributed by atoms with Crippen LogP contribution in [0.2, 0.25) is 0 Å². The molecular formula is C24H20Br2N4O4. The van der Waals surface area contributed by atoms with Crippen LogP contribution in [0.15, 0.2) is 68.0 Å². The molecule has 174 valence electrons. The number of allylic oxidation sites excluding steroid dienone is 3. The summed E-state index contributed by atoms with van der Waals surface area (Å²) >= 11 is 7.09. The molecular weight excluding hydrogens is 568 g/mol. The van der Waals surface area contributed by atoms with E-state index in [1.807, 2.05) is 12.1 Å². The van der Waals surface area contributed by atoms with Crippen LogP contribution in [0.4, 0.5) is 5.69 Å². The summed E-state index contributed by atoms with van der Waals surface area (Å²) in [5, 5.41) is 20.9. The SMILES string of the molecule is CN1C(N)=C(C#N)[C@H](c2cc(Br)c(OCc3cccc([N+](=O)[O-])c3)c(Br)c2)C2=C1CCCC2=O. The van der Waals surface area contributed by atoms with E-state index in [2.05, 4.69) is 37.9 Å². The number of benzene rings is 2. The van der Waals surface area contributed by atoms with Crippen molar-refractivity contribution in [1.82, 2.24) is 4.90 Å². The Bertz CT molecular complexity index is 1290. The molecule has 8 nitrogen and oxygen atoms in total. The number of rotatable bonds is 5. The van der Waals surface area contributed by atoms with Crippen molar-refractivity contribution in [1.29, 1.82) is 5.26 Å². The Morgan fingerprint density at radius 1 is 1.26 bits per heavy atom. The number of nitriles is 1. The summed E-state index contributed by atoms with van der Waals surface area (Å²) in [6.07, 6.45) is 1.91. The van der Waals surface area contributed by atoms with Gasteiger partial charge in [-0.15, -0.1) is 0 Å². The first-order valence-electron chi connectivity index (χ1n) is 10.5. The van der Waals surface area contributed by atoms with E-state index in [-0.39, 0.29) is 18.1 Å². The number of Topliss-reactive ketones (excluding diaryl/α,β-unsaturated/α-hetero) is 1. The Kier molecular flexibility index (Phi) is 6.77. The van der Waals surface area contributed by atoms with Gasteiger partial charge in [0.1, 0.15) is 18.2 Å². The fourth-order valence-corrected chi connectivity index (χ4v) is 5.85. The summed E-state index contributed by atoms with van der Waals surface area (Å²) in [7, 11) is 1.79. The lowest BCUT2D eigenvalue weighted by molar-refractivity contribution is -0.384. The molecule has 0 unspecified atom stereocenters. The number of carbonyl (C=O) groups excluding carboxylic acids is 1. The van der Waals surface area contributed by atoms with Crippen LogP contribution >= 0.6 is 31.9 Å². The van der Waals surface area contributed by atoms with Gasteiger partial charge in [-0.25, -0.2) is 0 Å². The van der Waals surface area contributed by atoms with E-state index in [0.29, 0.717) is 43.6 Å². The topological polar surface area (TPSA) is 122 Å². The molecule has 2 N–H and O–H groups in total. The zero-order valence-corrected chi connectivity index (χ0v) is 21.3. The van der Waals surface area contributed by atoms with Crippen molar-refractivity contribution in [3.63, 3.8) is 0 Å². The minimum absolute atomic E-state index is 0.00789. The summed E-state index contributed by atoms with van der Waals surface area (Å²) in [6, 6.07) is 12.1. The van der Waals surface area contributed by atoms with Crippen molar-refractivity contribution in [2.24, 2.45) is 5.73 Å². The van der Waals surface area contributed by atoms with Gasteiger partial charge >= 0.3 is 0 Å².